The molecule has 10 nitrogen and oxygen atoms in total. The molecule has 3 N–H and O–H groups in total. The van der Waals surface area contributed by atoms with Crippen molar-refractivity contribution in [3.8, 4) is 5.75 Å². The zero-order valence-electron chi connectivity index (χ0n) is 13.9. The number of likely N-dealkylation sites (tertiary alicyclic amines) is 1. The highest BCUT2D eigenvalue weighted by Crippen LogP contribution is 2.31. The summed E-state index contributed by atoms with van der Waals surface area (Å²) >= 11 is 0. The Morgan fingerprint density at radius 2 is 2.19 bits per heavy atom. The van der Waals surface area contributed by atoms with Crippen LogP contribution in [0.4, 0.5) is 5.69 Å². The Bertz CT molecular complexity index is 895. The molecule has 3 rings (SSSR count). The predicted molar refractivity (Wildman–Crippen MR) is 93.7 cm³/mol. The summed E-state index contributed by atoms with van der Waals surface area (Å²) in [6.45, 7) is 0.347. The molecule has 2 aliphatic heterocycles. The highest BCUT2D eigenvalue weighted by Gasteiger charge is 2.31. The molecule has 0 bridgehead atoms. The van der Waals surface area contributed by atoms with Crippen LogP contribution < -0.4 is 5.32 Å². The van der Waals surface area contributed by atoms with Crippen LogP contribution in [-0.2, 0) is 14.9 Å². The maximum atomic E-state index is 12.7. The predicted octanol–water partition coefficient (Wildman–Crippen LogP) is 0.103. The minimum absolute atomic E-state index is 0.0349. The van der Waals surface area contributed by atoms with Gasteiger partial charge in [0.2, 0.25) is 5.84 Å². The van der Waals surface area contributed by atoms with Crippen LogP contribution >= 0.6 is 0 Å². The number of phenols is 1. The molecule has 11 heteroatoms. The third-order valence-corrected chi connectivity index (χ3v) is 4.98. The van der Waals surface area contributed by atoms with Gasteiger partial charge < -0.3 is 25.2 Å². The first-order valence-corrected chi connectivity index (χ1v) is 9.26. The van der Waals surface area contributed by atoms with E-state index < -0.39 is 16.1 Å². The van der Waals surface area contributed by atoms with Crippen molar-refractivity contribution in [3.05, 3.63) is 23.8 Å². The second-order valence-corrected chi connectivity index (χ2v) is 7.05. The largest absolute Gasteiger partial charge is 0.505 e. The van der Waals surface area contributed by atoms with E-state index in [0.29, 0.717) is 13.0 Å². The lowest BCUT2D eigenvalue weighted by Gasteiger charge is -2.23. The van der Waals surface area contributed by atoms with Gasteiger partial charge in [0.1, 0.15) is 0 Å². The van der Waals surface area contributed by atoms with Crippen molar-refractivity contribution in [1.29, 1.82) is 0 Å². The quantitative estimate of drug-likeness (QED) is 0.630. The van der Waals surface area contributed by atoms with Gasteiger partial charge in [-0.2, -0.15) is 8.42 Å². The number of benzene rings is 1. The number of anilines is 1. The SMILES string of the molecule is COC1=NS(=O)(=O)N=C1Nc1cccc(C(=O)N2CCC[C@H]2CO)c1O. The first-order chi connectivity index (χ1) is 12.4. The fourth-order valence-electron chi connectivity index (χ4n) is 2.93. The molecular formula is C15H18N4O6S. The summed E-state index contributed by atoms with van der Waals surface area (Å²) in [5.41, 5.74) is 0.115. The highest BCUT2D eigenvalue weighted by molar-refractivity contribution is 7.89. The smallest absolute Gasteiger partial charge is 0.368 e. The molecule has 140 valence electrons. The average molecular weight is 382 g/mol. The third-order valence-electron chi connectivity index (χ3n) is 4.17. The number of amidine groups is 1. The molecule has 0 saturated carbocycles. The van der Waals surface area contributed by atoms with E-state index in [0.717, 1.165) is 6.42 Å². The number of aliphatic hydroxyl groups is 1. The summed E-state index contributed by atoms with van der Waals surface area (Å²) in [5.74, 6) is -1.21. The number of hydrogen-bond donors (Lipinski definition) is 3. The van der Waals surface area contributed by atoms with Gasteiger partial charge in [-0.05, 0) is 25.0 Å². The van der Waals surface area contributed by atoms with Crippen molar-refractivity contribution in [2.24, 2.45) is 8.80 Å². The minimum Gasteiger partial charge on any atom is -0.505 e. The number of rotatable bonds is 3. The molecule has 1 atom stereocenters. The molecule has 0 unspecified atom stereocenters. The molecule has 1 fully saturated rings. The molecule has 2 heterocycles. The number of carbonyl (C=O) groups excluding carboxylic acids is 1. The number of nitrogens with zero attached hydrogens (tertiary/aromatic N) is 3. The van der Waals surface area contributed by atoms with Crippen molar-refractivity contribution >= 4 is 33.5 Å². The average Bonchev–Trinajstić information content (AvgIpc) is 3.19. The van der Waals surface area contributed by atoms with E-state index in [1.807, 2.05) is 0 Å². The second-order valence-electron chi connectivity index (χ2n) is 5.79. The molecule has 0 spiro atoms. The number of aliphatic hydroxyl groups excluding tert-OH is 1. The summed E-state index contributed by atoms with van der Waals surface area (Å²) in [4.78, 5) is 14.2. The fraction of sp³-hybridized carbons (Fsp3) is 0.400. The topological polar surface area (TPSA) is 141 Å². The molecule has 0 radical (unpaired) electrons. The van der Waals surface area contributed by atoms with Crippen molar-refractivity contribution < 1.29 is 28.2 Å². The summed E-state index contributed by atoms with van der Waals surface area (Å²) in [7, 11) is -2.80. The maximum absolute atomic E-state index is 12.7. The fourth-order valence-corrected chi connectivity index (χ4v) is 3.69. The Balaban J connectivity index is 1.89. The molecule has 1 saturated heterocycles. The number of methoxy groups -OCH3 is 1. The van der Waals surface area contributed by atoms with E-state index in [2.05, 4.69) is 14.1 Å². The summed E-state index contributed by atoms with van der Waals surface area (Å²) in [6.07, 6.45) is 1.47. The highest BCUT2D eigenvalue weighted by atomic mass is 32.2. The van der Waals surface area contributed by atoms with E-state index in [-0.39, 0.29) is 41.4 Å². The molecule has 2 aliphatic rings. The van der Waals surface area contributed by atoms with Crippen molar-refractivity contribution in [2.75, 3.05) is 25.6 Å². The van der Waals surface area contributed by atoms with Crippen LogP contribution in [-0.4, -0.2) is 67.5 Å². The summed E-state index contributed by atoms with van der Waals surface area (Å²) < 4.78 is 34.5. The molecule has 0 aromatic heterocycles. The number of nitrogens with one attached hydrogen (secondary N) is 1. The Labute approximate surface area is 150 Å². The number of phenolic OH excluding ortho intramolecular Hbond substituents is 1. The number of aromatic hydroxyl groups is 1. The lowest BCUT2D eigenvalue weighted by molar-refractivity contribution is 0.0674. The van der Waals surface area contributed by atoms with Gasteiger partial charge in [-0.3, -0.25) is 4.79 Å². The molecule has 0 aliphatic carbocycles. The maximum Gasteiger partial charge on any atom is 0.368 e. The second kappa shape index (κ2) is 6.92. The molecular weight excluding hydrogens is 364 g/mol. The Hall–Kier alpha value is -2.66. The van der Waals surface area contributed by atoms with Gasteiger partial charge in [-0.25, -0.2) is 0 Å². The lowest BCUT2D eigenvalue weighted by atomic mass is 10.1. The van der Waals surface area contributed by atoms with E-state index in [1.165, 1.54) is 30.2 Å². The van der Waals surface area contributed by atoms with E-state index in [1.54, 1.807) is 0 Å². The summed E-state index contributed by atoms with van der Waals surface area (Å²) in [6, 6.07) is 4.16. The third kappa shape index (κ3) is 3.35. The lowest BCUT2D eigenvalue weighted by Crippen LogP contribution is -2.37. The van der Waals surface area contributed by atoms with Crippen LogP contribution in [0.15, 0.2) is 27.0 Å². The van der Waals surface area contributed by atoms with Gasteiger partial charge in [0.25, 0.3) is 11.8 Å². The first kappa shape index (κ1) is 18.1. The normalized spacial score (nSPS) is 21.3. The molecule has 1 amide bonds. The van der Waals surface area contributed by atoms with Crippen molar-refractivity contribution in [1.82, 2.24) is 4.90 Å². The van der Waals surface area contributed by atoms with Gasteiger partial charge >= 0.3 is 10.2 Å². The molecule has 1 aromatic carbocycles. The van der Waals surface area contributed by atoms with Crippen LogP contribution in [0.5, 0.6) is 5.75 Å². The minimum atomic E-state index is -4.04. The standard InChI is InChI=1S/C15H18N4O6S/c1-25-14-13(17-26(23,24)18-14)16-11-6-2-5-10(12(11)21)15(22)19-7-3-4-9(19)8-20/h2,5-6,9,20-21H,3-4,7-8H2,1H3,(H,16,17)/t9-/m0/s1. The van der Waals surface area contributed by atoms with E-state index >= 15 is 0 Å². The zero-order valence-corrected chi connectivity index (χ0v) is 14.7. The van der Waals surface area contributed by atoms with Crippen molar-refractivity contribution in [3.63, 3.8) is 0 Å². The van der Waals surface area contributed by atoms with Gasteiger partial charge in [0, 0.05) is 6.54 Å². The number of para-hydroxylation sites is 1. The van der Waals surface area contributed by atoms with Gasteiger partial charge in [-0.1, -0.05) is 6.07 Å². The number of ether oxygens (including phenoxy) is 1. The Morgan fingerprint density at radius 3 is 2.88 bits per heavy atom. The van der Waals surface area contributed by atoms with E-state index in [4.69, 9.17) is 4.74 Å². The van der Waals surface area contributed by atoms with Crippen LogP contribution in [0.1, 0.15) is 23.2 Å². The van der Waals surface area contributed by atoms with Gasteiger partial charge in [0.05, 0.1) is 31.0 Å². The Morgan fingerprint density at radius 1 is 1.42 bits per heavy atom. The van der Waals surface area contributed by atoms with E-state index in [9.17, 15) is 23.4 Å². The van der Waals surface area contributed by atoms with Gasteiger partial charge in [0.15, 0.2) is 5.75 Å². The number of amides is 1. The van der Waals surface area contributed by atoms with Crippen molar-refractivity contribution in [2.45, 2.75) is 18.9 Å². The zero-order chi connectivity index (χ0) is 18.9. The number of hydrogen-bond acceptors (Lipinski definition) is 7. The van der Waals surface area contributed by atoms with Gasteiger partial charge in [-0.15, -0.1) is 8.80 Å². The summed E-state index contributed by atoms with van der Waals surface area (Å²) in [5, 5.41) is 22.5. The number of carbonyl (C=O) groups is 1. The van der Waals surface area contributed by atoms with Crippen LogP contribution in [0, 0.1) is 0 Å². The van der Waals surface area contributed by atoms with Crippen LogP contribution in [0.2, 0.25) is 0 Å². The molecule has 1 aromatic rings. The van der Waals surface area contributed by atoms with Crippen LogP contribution in [0.3, 0.4) is 0 Å². The molecule has 26 heavy (non-hydrogen) atoms. The first-order valence-electron chi connectivity index (χ1n) is 7.86. The monoisotopic (exact) mass is 382 g/mol. The Kier molecular flexibility index (Phi) is 4.83. The van der Waals surface area contributed by atoms with Crippen LogP contribution in [0.25, 0.3) is 0 Å².